The van der Waals surface area contributed by atoms with E-state index in [1.807, 2.05) is 32.9 Å². The number of carbonyl (C=O) groups is 1. The van der Waals surface area contributed by atoms with Gasteiger partial charge in [-0.2, -0.15) is 0 Å². The fourth-order valence-corrected chi connectivity index (χ4v) is 2.78. The molecule has 23 heavy (non-hydrogen) atoms. The molecule has 5 heteroatoms. The van der Waals surface area contributed by atoms with Crippen LogP contribution in [0.15, 0.2) is 24.3 Å². The topological polar surface area (TPSA) is 50.4 Å². The Morgan fingerprint density at radius 1 is 1.26 bits per heavy atom. The number of hydrogen-bond acceptors (Lipinski definition) is 3. The lowest BCUT2D eigenvalue weighted by Crippen LogP contribution is -2.55. The molecule has 128 valence electrons. The molecule has 0 saturated heterocycles. The number of hydrogen-bond donors (Lipinski definition) is 2. The predicted octanol–water partition coefficient (Wildman–Crippen LogP) is 3.40. The van der Waals surface area contributed by atoms with Crippen LogP contribution >= 0.6 is 0 Å². The van der Waals surface area contributed by atoms with E-state index in [0.717, 1.165) is 24.8 Å². The molecule has 1 atom stereocenters. The van der Waals surface area contributed by atoms with Gasteiger partial charge in [0.1, 0.15) is 11.4 Å². The molecule has 1 aromatic carbocycles. The molecule has 0 spiro atoms. The Morgan fingerprint density at radius 2 is 1.87 bits per heavy atom. The monoisotopic (exact) mass is 322 g/mol. The third kappa shape index (κ3) is 6.18. The second-order valence-electron chi connectivity index (χ2n) is 7.41. The minimum absolute atomic E-state index is 0.181. The quantitative estimate of drug-likeness (QED) is 0.873. The standard InChI is InChI=1S/C18H27FN2O2/c1-12(9-13-5-7-14(19)8-6-13)20-15-10-16(11-15)21-17(22)23-18(2,3)4/h5-8,12,15-16,20H,9-11H2,1-4H3,(H,21,22). The van der Waals surface area contributed by atoms with Gasteiger partial charge >= 0.3 is 6.09 Å². The number of amides is 1. The van der Waals surface area contributed by atoms with Crippen molar-refractivity contribution >= 4 is 6.09 Å². The molecule has 0 aromatic heterocycles. The first kappa shape index (κ1) is 17.7. The first-order valence-electron chi connectivity index (χ1n) is 8.21. The first-order chi connectivity index (χ1) is 10.7. The smallest absolute Gasteiger partial charge is 0.407 e. The van der Waals surface area contributed by atoms with Crippen molar-refractivity contribution in [2.45, 2.75) is 70.7 Å². The fourth-order valence-electron chi connectivity index (χ4n) is 2.78. The average molecular weight is 322 g/mol. The largest absolute Gasteiger partial charge is 0.444 e. The second kappa shape index (κ2) is 7.30. The molecule has 1 unspecified atom stereocenters. The van der Waals surface area contributed by atoms with Crippen LogP contribution < -0.4 is 10.6 Å². The SMILES string of the molecule is CC(Cc1ccc(F)cc1)NC1CC(NC(=O)OC(C)(C)C)C1. The summed E-state index contributed by atoms with van der Waals surface area (Å²) in [5.41, 5.74) is 0.656. The van der Waals surface area contributed by atoms with Crippen LogP contribution in [-0.4, -0.2) is 29.8 Å². The van der Waals surface area contributed by atoms with Crippen LogP contribution in [0.4, 0.5) is 9.18 Å². The van der Waals surface area contributed by atoms with Crippen molar-refractivity contribution < 1.29 is 13.9 Å². The van der Waals surface area contributed by atoms with Gasteiger partial charge in [-0.3, -0.25) is 0 Å². The van der Waals surface area contributed by atoms with E-state index in [4.69, 9.17) is 4.74 Å². The number of nitrogens with one attached hydrogen (secondary N) is 2. The molecule has 2 N–H and O–H groups in total. The molecule has 4 nitrogen and oxygen atoms in total. The van der Waals surface area contributed by atoms with Crippen LogP contribution in [0.3, 0.4) is 0 Å². The summed E-state index contributed by atoms with van der Waals surface area (Å²) in [5, 5.41) is 6.43. The van der Waals surface area contributed by atoms with E-state index in [1.54, 1.807) is 0 Å². The van der Waals surface area contributed by atoms with E-state index in [2.05, 4.69) is 17.6 Å². The summed E-state index contributed by atoms with van der Waals surface area (Å²) in [6, 6.07) is 7.53. The van der Waals surface area contributed by atoms with Crippen LogP contribution in [0.1, 0.15) is 46.1 Å². The van der Waals surface area contributed by atoms with E-state index in [0.29, 0.717) is 12.1 Å². The molecule has 1 fully saturated rings. The van der Waals surface area contributed by atoms with Crippen molar-refractivity contribution in [3.63, 3.8) is 0 Å². The Hall–Kier alpha value is -1.62. The molecule has 0 radical (unpaired) electrons. The Labute approximate surface area is 137 Å². The van der Waals surface area contributed by atoms with E-state index < -0.39 is 5.60 Å². The van der Waals surface area contributed by atoms with Crippen molar-refractivity contribution in [1.29, 1.82) is 0 Å². The molecule has 0 heterocycles. The maximum absolute atomic E-state index is 12.9. The van der Waals surface area contributed by atoms with Crippen LogP contribution in [-0.2, 0) is 11.2 Å². The van der Waals surface area contributed by atoms with Gasteiger partial charge in [0.05, 0.1) is 0 Å². The Bertz CT molecular complexity index is 519. The van der Waals surface area contributed by atoms with Crippen molar-refractivity contribution in [2.75, 3.05) is 0 Å². The fraction of sp³-hybridized carbons (Fsp3) is 0.611. The molecule has 1 aromatic rings. The second-order valence-corrected chi connectivity index (χ2v) is 7.41. The van der Waals surface area contributed by atoms with Crippen molar-refractivity contribution in [3.05, 3.63) is 35.6 Å². The summed E-state index contributed by atoms with van der Waals surface area (Å²) >= 11 is 0. The van der Waals surface area contributed by atoms with Crippen LogP contribution in [0.5, 0.6) is 0 Å². The zero-order valence-electron chi connectivity index (χ0n) is 14.4. The van der Waals surface area contributed by atoms with Gasteiger partial charge in [-0.05, 0) is 64.7 Å². The third-order valence-electron chi connectivity index (χ3n) is 3.83. The van der Waals surface area contributed by atoms with E-state index in [9.17, 15) is 9.18 Å². The van der Waals surface area contributed by atoms with Crippen LogP contribution in [0.25, 0.3) is 0 Å². The van der Waals surface area contributed by atoms with Gasteiger partial charge in [0.2, 0.25) is 0 Å². The van der Waals surface area contributed by atoms with Crippen LogP contribution in [0.2, 0.25) is 0 Å². The van der Waals surface area contributed by atoms with Gasteiger partial charge in [-0.25, -0.2) is 9.18 Å². The van der Waals surface area contributed by atoms with Gasteiger partial charge in [0.25, 0.3) is 0 Å². The summed E-state index contributed by atoms with van der Waals surface area (Å²) in [7, 11) is 0. The molecule has 1 aliphatic carbocycles. The van der Waals surface area contributed by atoms with Crippen molar-refractivity contribution in [1.82, 2.24) is 10.6 Å². The predicted molar refractivity (Wildman–Crippen MR) is 88.9 cm³/mol. The van der Waals surface area contributed by atoms with E-state index in [1.165, 1.54) is 12.1 Å². The number of halogens is 1. The zero-order valence-corrected chi connectivity index (χ0v) is 14.4. The molecule has 1 amide bonds. The van der Waals surface area contributed by atoms with Gasteiger partial charge in [0.15, 0.2) is 0 Å². The Kier molecular flexibility index (Phi) is 5.63. The highest BCUT2D eigenvalue weighted by molar-refractivity contribution is 5.68. The van der Waals surface area contributed by atoms with Crippen molar-refractivity contribution in [2.24, 2.45) is 0 Å². The van der Waals surface area contributed by atoms with Gasteiger partial charge < -0.3 is 15.4 Å². The first-order valence-corrected chi connectivity index (χ1v) is 8.21. The lowest BCUT2D eigenvalue weighted by Gasteiger charge is -2.38. The lowest BCUT2D eigenvalue weighted by molar-refractivity contribution is 0.0463. The molecular weight excluding hydrogens is 295 g/mol. The summed E-state index contributed by atoms with van der Waals surface area (Å²) < 4.78 is 18.1. The third-order valence-corrected chi connectivity index (χ3v) is 3.83. The highest BCUT2D eigenvalue weighted by Gasteiger charge is 2.32. The van der Waals surface area contributed by atoms with E-state index in [-0.39, 0.29) is 18.0 Å². The minimum Gasteiger partial charge on any atom is -0.444 e. The Balaban J connectivity index is 1.65. The lowest BCUT2D eigenvalue weighted by atomic mass is 9.86. The number of ether oxygens (including phenoxy) is 1. The zero-order chi connectivity index (χ0) is 17.0. The highest BCUT2D eigenvalue weighted by atomic mass is 19.1. The number of carbonyl (C=O) groups excluding carboxylic acids is 1. The van der Waals surface area contributed by atoms with Gasteiger partial charge in [0, 0.05) is 18.1 Å². The molecular formula is C18H27FN2O2. The maximum Gasteiger partial charge on any atom is 0.407 e. The summed E-state index contributed by atoms with van der Waals surface area (Å²) in [5.74, 6) is -0.204. The number of alkyl carbamates (subject to hydrolysis) is 1. The van der Waals surface area contributed by atoms with E-state index >= 15 is 0 Å². The number of benzene rings is 1. The number of rotatable bonds is 5. The molecule has 0 aliphatic heterocycles. The van der Waals surface area contributed by atoms with Gasteiger partial charge in [-0.1, -0.05) is 12.1 Å². The van der Waals surface area contributed by atoms with Gasteiger partial charge in [-0.15, -0.1) is 0 Å². The average Bonchev–Trinajstić information content (AvgIpc) is 2.37. The maximum atomic E-state index is 12.9. The Morgan fingerprint density at radius 3 is 2.43 bits per heavy atom. The summed E-state index contributed by atoms with van der Waals surface area (Å²) in [6.45, 7) is 7.69. The molecule has 1 aliphatic rings. The minimum atomic E-state index is -0.463. The summed E-state index contributed by atoms with van der Waals surface area (Å²) in [6.07, 6.45) is 2.33. The van der Waals surface area contributed by atoms with Crippen molar-refractivity contribution in [3.8, 4) is 0 Å². The molecule has 2 rings (SSSR count). The molecule has 0 bridgehead atoms. The normalized spacial score (nSPS) is 22.1. The highest BCUT2D eigenvalue weighted by Crippen LogP contribution is 2.21. The van der Waals surface area contributed by atoms with Crippen LogP contribution in [0, 0.1) is 5.82 Å². The summed E-state index contributed by atoms with van der Waals surface area (Å²) in [4.78, 5) is 11.7. The molecule has 1 saturated carbocycles.